The van der Waals surface area contributed by atoms with Crippen molar-refractivity contribution in [3.05, 3.63) is 58.8 Å². The molecule has 43 heavy (non-hydrogen) atoms. The zero-order valence-electron chi connectivity index (χ0n) is 24.5. The molecule has 0 N–H and O–H groups in total. The molecule has 0 spiro atoms. The van der Waals surface area contributed by atoms with Crippen molar-refractivity contribution in [3.63, 3.8) is 0 Å². The molecule has 0 bridgehead atoms. The predicted octanol–water partition coefficient (Wildman–Crippen LogP) is 3.86. The third-order valence-corrected chi connectivity index (χ3v) is 8.17. The third-order valence-electron chi connectivity index (χ3n) is 8.17. The minimum Gasteiger partial charge on any atom is -0.481 e. The lowest BCUT2D eigenvalue weighted by molar-refractivity contribution is -0.396. The molecule has 0 aromatic carbocycles. The monoisotopic (exact) mass is 589 g/mol. The van der Waals surface area contributed by atoms with E-state index in [4.69, 9.17) is 24.2 Å². The van der Waals surface area contributed by atoms with Crippen molar-refractivity contribution in [2.24, 2.45) is 7.05 Å². The van der Waals surface area contributed by atoms with E-state index in [-0.39, 0.29) is 12.1 Å². The van der Waals surface area contributed by atoms with Crippen LogP contribution in [0.3, 0.4) is 0 Å². The lowest BCUT2D eigenvalue weighted by atomic mass is 9.92. The summed E-state index contributed by atoms with van der Waals surface area (Å²) in [6, 6.07) is 6.00. The van der Waals surface area contributed by atoms with Gasteiger partial charge in [-0.2, -0.15) is 4.98 Å². The van der Waals surface area contributed by atoms with Gasteiger partial charge >= 0.3 is 5.95 Å². The quantitative estimate of drug-likeness (QED) is 0.206. The number of nitrogens with zero attached hydrogens (tertiary/aromatic N) is 9. The molecule has 14 nitrogen and oxygen atoms in total. The second-order valence-corrected chi connectivity index (χ2v) is 10.9. The first-order valence-corrected chi connectivity index (χ1v) is 14.5. The van der Waals surface area contributed by atoms with Crippen molar-refractivity contribution in [1.29, 1.82) is 0 Å². The van der Waals surface area contributed by atoms with Crippen molar-refractivity contribution in [2.75, 3.05) is 43.2 Å². The highest BCUT2D eigenvalue weighted by Crippen LogP contribution is 2.35. The van der Waals surface area contributed by atoms with Crippen molar-refractivity contribution >= 4 is 28.6 Å². The summed E-state index contributed by atoms with van der Waals surface area (Å²) in [6.07, 6.45) is 9.76. The SMILES string of the molecule is CC(Oc1cnc2cc(N3CCOCC3)nc(OC3CCC(N(C)c4ncccn4)CC3)c2c1)c1cnc([N+](=O)[O-])n1C. The summed E-state index contributed by atoms with van der Waals surface area (Å²) in [5.74, 6) is 2.31. The van der Waals surface area contributed by atoms with Crippen LogP contribution in [-0.4, -0.2) is 79.9 Å². The van der Waals surface area contributed by atoms with Gasteiger partial charge in [-0.05, 0) is 49.7 Å². The molecule has 4 aromatic rings. The zero-order chi connectivity index (χ0) is 29.9. The van der Waals surface area contributed by atoms with Crippen LogP contribution in [-0.2, 0) is 11.8 Å². The predicted molar refractivity (Wildman–Crippen MR) is 159 cm³/mol. The highest BCUT2D eigenvalue weighted by Gasteiger charge is 2.28. The summed E-state index contributed by atoms with van der Waals surface area (Å²) in [5.41, 5.74) is 1.32. The fourth-order valence-electron chi connectivity index (χ4n) is 5.74. The maximum atomic E-state index is 11.3. The molecule has 1 aliphatic heterocycles. The Morgan fingerprint density at radius 1 is 1.07 bits per heavy atom. The van der Waals surface area contributed by atoms with Gasteiger partial charge < -0.3 is 34.1 Å². The van der Waals surface area contributed by atoms with Crippen LogP contribution in [0, 0.1) is 10.1 Å². The second-order valence-electron chi connectivity index (χ2n) is 10.9. The van der Waals surface area contributed by atoms with Gasteiger partial charge in [0.2, 0.25) is 11.8 Å². The summed E-state index contributed by atoms with van der Waals surface area (Å²) in [7, 11) is 3.64. The van der Waals surface area contributed by atoms with Crippen LogP contribution < -0.4 is 19.3 Å². The Bertz CT molecular complexity index is 1570. The lowest BCUT2D eigenvalue weighted by Gasteiger charge is -2.34. The first-order valence-electron chi connectivity index (χ1n) is 14.5. The Hall–Kier alpha value is -4.59. The molecule has 1 atom stereocenters. The maximum Gasteiger partial charge on any atom is 0.434 e. The van der Waals surface area contributed by atoms with Gasteiger partial charge in [-0.3, -0.25) is 4.98 Å². The third kappa shape index (κ3) is 6.14. The van der Waals surface area contributed by atoms with Crippen LogP contribution in [0.15, 0.2) is 43.0 Å². The molecule has 1 saturated heterocycles. The van der Waals surface area contributed by atoms with E-state index in [0.29, 0.717) is 36.6 Å². The maximum absolute atomic E-state index is 11.3. The highest BCUT2D eigenvalue weighted by atomic mass is 16.6. The van der Waals surface area contributed by atoms with Gasteiger partial charge in [0.15, 0.2) is 11.8 Å². The number of rotatable bonds is 9. The van der Waals surface area contributed by atoms with Crippen LogP contribution in [0.4, 0.5) is 17.7 Å². The topological polar surface area (TPSA) is 147 Å². The Morgan fingerprint density at radius 3 is 2.51 bits per heavy atom. The zero-order valence-corrected chi connectivity index (χ0v) is 24.5. The molecule has 4 aromatic heterocycles. The fourth-order valence-corrected chi connectivity index (χ4v) is 5.74. The van der Waals surface area contributed by atoms with Crippen LogP contribution in [0.1, 0.15) is 44.4 Å². The average Bonchev–Trinajstić information content (AvgIpc) is 3.43. The summed E-state index contributed by atoms with van der Waals surface area (Å²) in [4.78, 5) is 37.4. The molecule has 226 valence electrons. The van der Waals surface area contributed by atoms with E-state index in [2.05, 4.69) is 24.8 Å². The van der Waals surface area contributed by atoms with E-state index in [9.17, 15) is 10.1 Å². The van der Waals surface area contributed by atoms with Crippen molar-refractivity contribution in [3.8, 4) is 11.6 Å². The fraction of sp³-hybridized carbons (Fsp3) is 0.483. The van der Waals surface area contributed by atoms with Gasteiger partial charge in [-0.25, -0.2) is 14.5 Å². The van der Waals surface area contributed by atoms with E-state index in [1.165, 1.54) is 10.8 Å². The van der Waals surface area contributed by atoms with Crippen molar-refractivity contribution in [1.82, 2.24) is 29.5 Å². The van der Waals surface area contributed by atoms with Gasteiger partial charge in [-0.1, -0.05) is 4.98 Å². The average molecular weight is 590 g/mol. The molecule has 14 heteroatoms. The largest absolute Gasteiger partial charge is 0.481 e. The van der Waals surface area contributed by atoms with E-state index >= 15 is 0 Å². The van der Waals surface area contributed by atoms with Crippen molar-refractivity contribution in [2.45, 2.75) is 50.9 Å². The summed E-state index contributed by atoms with van der Waals surface area (Å²) >= 11 is 0. The Labute approximate surface area is 248 Å². The van der Waals surface area contributed by atoms with Gasteiger partial charge in [0, 0.05) is 44.6 Å². The summed E-state index contributed by atoms with van der Waals surface area (Å²) in [5, 5.41) is 12.0. The number of hydrogen-bond donors (Lipinski definition) is 0. The number of nitro groups is 1. The highest BCUT2D eigenvalue weighted by molar-refractivity contribution is 5.87. The van der Waals surface area contributed by atoms with Gasteiger partial charge in [0.1, 0.15) is 23.9 Å². The molecule has 1 aliphatic carbocycles. The smallest absolute Gasteiger partial charge is 0.434 e. The first-order chi connectivity index (χ1) is 20.9. The van der Waals surface area contributed by atoms with E-state index in [0.717, 1.165) is 61.4 Å². The van der Waals surface area contributed by atoms with Crippen LogP contribution in [0.25, 0.3) is 10.9 Å². The number of anilines is 2. The molecular weight excluding hydrogens is 554 g/mol. The minimum absolute atomic E-state index is 0.00419. The van der Waals surface area contributed by atoms with E-state index in [1.807, 2.05) is 32.2 Å². The second kappa shape index (κ2) is 12.3. The Morgan fingerprint density at radius 2 is 1.81 bits per heavy atom. The van der Waals surface area contributed by atoms with Gasteiger partial charge in [0.05, 0.1) is 37.4 Å². The molecular formula is C29H35N9O5. The Kier molecular flexibility index (Phi) is 8.18. The van der Waals surface area contributed by atoms with Crippen molar-refractivity contribution < 1.29 is 19.1 Å². The molecule has 2 aliphatic rings. The number of morpholine rings is 1. The standard InChI is InChI=1S/C29H35N9O5/c1-19(25-18-33-29(36(25)3)38(39)40)42-22-15-23-24(32-17-22)16-26(37-11-13-41-14-12-37)34-27(23)43-21-7-5-20(6-8-21)35(2)28-30-9-4-10-31-28/h4,9-10,15-21H,5-8,11-14H2,1-3H3. The molecule has 1 unspecified atom stereocenters. The molecule has 5 heterocycles. The number of pyridine rings is 2. The number of hydrogen-bond acceptors (Lipinski definition) is 12. The summed E-state index contributed by atoms with van der Waals surface area (Å²) < 4.78 is 19.8. The molecule has 1 saturated carbocycles. The van der Waals surface area contributed by atoms with E-state index < -0.39 is 11.0 Å². The Balaban J connectivity index is 1.23. The number of aromatic nitrogens is 6. The van der Waals surface area contributed by atoms with E-state index in [1.54, 1.807) is 25.6 Å². The number of fused-ring (bicyclic) bond motifs is 1. The van der Waals surface area contributed by atoms with Gasteiger partial charge in [-0.15, -0.1) is 0 Å². The summed E-state index contributed by atoms with van der Waals surface area (Å²) in [6.45, 7) is 4.59. The molecule has 2 fully saturated rings. The first kappa shape index (κ1) is 28.5. The number of imidazole rings is 1. The minimum atomic E-state index is -0.518. The molecule has 0 amide bonds. The van der Waals surface area contributed by atoms with Crippen LogP contribution >= 0.6 is 0 Å². The number of ether oxygens (including phenoxy) is 3. The molecule has 0 radical (unpaired) electrons. The van der Waals surface area contributed by atoms with Gasteiger partial charge in [0.25, 0.3) is 0 Å². The molecule has 6 rings (SSSR count). The lowest BCUT2D eigenvalue weighted by Crippen LogP contribution is -2.39. The normalized spacial score (nSPS) is 19.7. The van der Waals surface area contributed by atoms with Crippen LogP contribution in [0.2, 0.25) is 0 Å². The van der Waals surface area contributed by atoms with Crippen LogP contribution in [0.5, 0.6) is 11.6 Å².